The normalized spacial score (nSPS) is 18.3. The molecular weight excluding hydrogens is 346 g/mol. The van der Waals surface area contributed by atoms with Crippen LogP contribution in [0.15, 0.2) is 36.7 Å². The van der Waals surface area contributed by atoms with Gasteiger partial charge in [-0.15, -0.1) is 0 Å². The summed E-state index contributed by atoms with van der Waals surface area (Å²) in [6.07, 6.45) is 4.31. The van der Waals surface area contributed by atoms with Crippen LogP contribution in [-0.2, 0) is 9.47 Å². The molecule has 138 valence electrons. The molecule has 0 atom stereocenters. The molecule has 1 aromatic carbocycles. The Balaban J connectivity index is 1.38. The Labute approximate surface area is 156 Å². The number of nitrogens with zero attached hydrogens (tertiary/aromatic N) is 4. The number of anilines is 2. The number of likely N-dealkylation sites (tertiary alicyclic amines) is 1. The van der Waals surface area contributed by atoms with Crippen LogP contribution in [-0.4, -0.2) is 52.9 Å². The zero-order valence-electron chi connectivity index (χ0n) is 14.7. The predicted octanol–water partition coefficient (Wildman–Crippen LogP) is 2.07. The largest absolute Gasteiger partial charge is 0.347 e. The van der Waals surface area contributed by atoms with E-state index >= 15 is 0 Å². The molecule has 0 saturated carbocycles. The Morgan fingerprint density at radius 3 is 2.63 bits per heavy atom. The number of carbonyl (C=O) groups excluding carboxylic acids is 1. The molecule has 4 rings (SSSR count). The van der Waals surface area contributed by atoms with E-state index < -0.39 is 5.79 Å². The van der Waals surface area contributed by atoms with E-state index in [1.807, 2.05) is 6.07 Å². The molecule has 8 nitrogen and oxygen atoms in total. The van der Waals surface area contributed by atoms with Gasteiger partial charge >= 0.3 is 0 Å². The summed E-state index contributed by atoms with van der Waals surface area (Å²) in [5.41, 5.74) is 1.59. The van der Waals surface area contributed by atoms with Gasteiger partial charge in [0, 0.05) is 31.6 Å². The molecule has 2 saturated heterocycles. The van der Waals surface area contributed by atoms with Gasteiger partial charge in [0.1, 0.15) is 11.5 Å². The fraction of sp³-hybridized carbons (Fsp3) is 0.368. The Hall–Kier alpha value is -3.02. The van der Waals surface area contributed by atoms with Gasteiger partial charge < -0.3 is 19.7 Å². The summed E-state index contributed by atoms with van der Waals surface area (Å²) in [5, 5.41) is 12.0. The maximum Gasteiger partial charge on any atom is 0.274 e. The Morgan fingerprint density at radius 1 is 1.19 bits per heavy atom. The Bertz CT molecular complexity index is 862. The fourth-order valence-corrected chi connectivity index (χ4v) is 3.32. The second-order valence-corrected chi connectivity index (χ2v) is 6.50. The van der Waals surface area contributed by atoms with Crippen molar-refractivity contribution >= 4 is 17.4 Å². The third-order valence-corrected chi connectivity index (χ3v) is 4.76. The molecule has 3 heterocycles. The molecule has 1 amide bonds. The third-order valence-electron chi connectivity index (χ3n) is 4.76. The zero-order valence-corrected chi connectivity index (χ0v) is 14.7. The van der Waals surface area contributed by atoms with Crippen molar-refractivity contribution in [3.05, 3.63) is 47.9 Å². The van der Waals surface area contributed by atoms with Crippen molar-refractivity contribution < 1.29 is 14.3 Å². The van der Waals surface area contributed by atoms with Gasteiger partial charge in [0.05, 0.1) is 37.2 Å². The molecule has 0 unspecified atom stereocenters. The van der Waals surface area contributed by atoms with Crippen molar-refractivity contribution in [2.24, 2.45) is 0 Å². The standard InChI is InChI=1S/C19H19N5O3/c20-11-14-2-1-3-15(10-14)23-17-13-21-16(12-22-17)18(25)24-6-4-19(5-7-24)26-8-9-27-19/h1-3,10,12-13H,4-9H2,(H,22,23). The number of benzene rings is 1. The highest BCUT2D eigenvalue weighted by atomic mass is 16.7. The van der Waals surface area contributed by atoms with Crippen LogP contribution in [0.25, 0.3) is 0 Å². The first-order chi connectivity index (χ1) is 13.2. The lowest BCUT2D eigenvalue weighted by atomic mass is 10.0. The van der Waals surface area contributed by atoms with Crippen molar-refractivity contribution in [2.45, 2.75) is 18.6 Å². The van der Waals surface area contributed by atoms with Crippen LogP contribution in [0.1, 0.15) is 28.9 Å². The fourth-order valence-electron chi connectivity index (χ4n) is 3.32. The molecule has 1 N–H and O–H groups in total. The summed E-state index contributed by atoms with van der Waals surface area (Å²) in [4.78, 5) is 22.9. The van der Waals surface area contributed by atoms with E-state index in [1.165, 1.54) is 12.4 Å². The molecule has 8 heteroatoms. The maximum absolute atomic E-state index is 12.6. The zero-order chi connectivity index (χ0) is 18.7. The van der Waals surface area contributed by atoms with Crippen LogP contribution in [0.3, 0.4) is 0 Å². The molecule has 2 aromatic rings. The third kappa shape index (κ3) is 3.74. The first kappa shape index (κ1) is 17.4. The number of amides is 1. The van der Waals surface area contributed by atoms with Crippen LogP contribution in [0.5, 0.6) is 0 Å². The van der Waals surface area contributed by atoms with Gasteiger partial charge in [-0.1, -0.05) is 6.07 Å². The number of hydrogen-bond donors (Lipinski definition) is 1. The van der Waals surface area contributed by atoms with Gasteiger partial charge in [-0.2, -0.15) is 5.26 Å². The summed E-state index contributed by atoms with van der Waals surface area (Å²) in [6, 6.07) is 9.15. The van der Waals surface area contributed by atoms with Crippen LogP contribution >= 0.6 is 0 Å². The SMILES string of the molecule is N#Cc1cccc(Nc2cnc(C(=O)N3CCC4(CC3)OCCO4)cn2)c1. The highest BCUT2D eigenvalue weighted by Crippen LogP contribution is 2.31. The van der Waals surface area contributed by atoms with E-state index in [0.29, 0.717) is 56.2 Å². The van der Waals surface area contributed by atoms with Gasteiger partial charge in [0.2, 0.25) is 0 Å². The van der Waals surface area contributed by atoms with Crippen LogP contribution in [0, 0.1) is 11.3 Å². The smallest absolute Gasteiger partial charge is 0.274 e. The number of carbonyl (C=O) groups is 1. The van der Waals surface area contributed by atoms with Gasteiger partial charge in [-0.3, -0.25) is 4.79 Å². The first-order valence-corrected chi connectivity index (χ1v) is 8.84. The lowest BCUT2D eigenvalue weighted by Gasteiger charge is -2.37. The summed E-state index contributed by atoms with van der Waals surface area (Å²) in [6.45, 7) is 2.37. The predicted molar refractivity (Wildman–Crippen MR) is 96.2 cm³/mol. The molecule has 27 heavy (non-hydrogen) atoms. The lowest BCUT2D eigenvalue weighted by molar-refractivity contribution is -0.181. The van der Waals surface area contributed by atoms with Crippen molar-refractivity contribution in [3.63, 3.8) is 0 Å². The quantitative estimate of drug-likeness (QED) is 0.888. The highest BCUT2D eigenvalue weighted by Gasteiger charge is 2.41. The number of piperidine rings is 1. The van der Waals surface area contributed by atoms with Gasteiger partial charge in [-0.05, 0) is 18.2 Å². The Kier molecular flexibility index (Phi) is 4.71. The average molecular weight is 365 g/mol. The van der Waals surface area contributed by atoms with Crippen LogP contribution in [0.2, 0.25) is 0 Å². The number of ether oxygens (including phenoxy) is 2. The van der Waals surface area contributed by atoms with E-state index in [4.69, 9.17) is 14.7 Å². The van der Waals surface area contributed by atoms with E-state index in [0.717, 1.165) is 5.69 Å². The van der Waals surface area contributed by atoms with Crippen molar-refractivity contribution in [1.82, 2.24) is 14.9 Å². The first-order valence-electron chi connectivity index (χ1n) is 8.84. The molecule has 1 spiro atoms. The number of hydrogen-bond acceptors (Lipinski definition) is 7. The topological polar surface area (TPSA) is 100 Å². The minimum Gasteiger partial charge on any atom is -0.347 e. The van der Waals surface area contributed by atoms with Gasteiger partial charge in [-0.25, -0.2) is 9.97 Å². The summed E-state index contributed by atoms with van der Waals surface area (Å²) < 4.78 is 11.4. The number of rotatable bonds is 3. The minimum absolute atomic E-state index is 0.145. The van der Waals surface area contributed by atoms with Crippen molar-refractivity contribution in [2.75, 3.05) is 31.6 Å². The molecule has 0 radical (unpaired) electrons. The molecule has 0 aliphatic carbocycles. The number of aromatic nitrogens is 2. The summed E-state index contributed by atoms with van der Waals surface area (Å²) in [7, 11) is 0. The van der Waals surface area contributed by atoms with E-state index in [-0.39, 0.29) is 5.91 Å². The van der Waals surface area contributed by atoms with E-state index in [2.05, 4.69) is 21.4 Å². The molecule has 2 fully saturated rings. The van der Waals surface area contributed by atoms with E-state index in [9.17, 15) is 4.79 Å². The summed E-state index contributed by atoms with van der Waals surface area (Å²) in [5.74, 6) is -0.144. The molecule has 2 aliphatic rings. The maximum atomic E-state index is 12.6. The molecular formula is C19H19N5O3. The van der Waals surface area contributed by atoms with Crippen LogP contribution < -0.4 is 5.32 Å². The monoisotopic (exact) mass is 365 g/mol. The van der Waals surface area contributed by atoms with E-state index in [1.54, 1.807) is 23.1 Å². The number of nitriles is 1. The average Bonchev–Trinajstić information content (AvgIpc) is 3.17. The lowest BCUT2D eigenvalue weighted by Crippen LogP contribution is -2.47. The van der Waals surface area contributed by atoms with Crippen molar-refractivity contribution in [1.29, 1.82) is 5.26 Å². The summed E-state index contributed by atoms with van der Waals surface area (Å²) >= 11 is 0. The van der Waals surface area contributed by atoms with Gasteiger partial charge in [0.25, 0.3) is 5.91 Å². The minimum atomic E-state index is -0.506. The second-order valence-electron chi connectivity index (χ2n) is 6.50. The van der Waals surface area contributed by atoms with Gasteiger partial charge in [0.15, 0.2) is 5.79 Å². The molecule has 0 bridgehead atoms. The van der Waals surface area contributed by atoms with Crippen LogP contribution in [0.4, 0.5) is 11.5 Å². The second kappa shape index (κ2) is 7.31. The number of nitrogens with one attached hydrogen (secondary N) is 1. The van der Waals surface area contributed by atoms with Crippen molar-refractivity contribution in [3.8, 4) is 6.07 Å². The molecule has 2 aliphatic heterocycles. The Morgan fingerprint density at radius 2 is 1.96 bits per heavy atom. The highest BCUT2D eigenvalue weighted by molar-refractivity contribution is 5.92. The molecule has 1 aromatic heterocycles.